The minimum Gasteiger partial charge on any atom is -0.355 e. The van der Waals surface area contributed by atoms with Crippen LogP contribution in [0.25, 0.3) is 11.0 Å². The van der Waals surface area contributed by atoms with Crippen molar-refractivity contribution in [1.29, 1.82) is 0 Å². The van der Waals surface area contributed by atoms with Gasteiger partial charge in [0, 0.05) is 38.4 Å². The molecule has 22 heavy (non-hydrogen) atoms. The summed E-state index contributed by atoms with van der Waals surface area (Å²) >= 11 is 0. The molecule has 0 bridgehead atoms. The number of aryl methyl sites for hydroxylation is 3. The lowest BCUT2D eigenvalue weighted by Gasteiger charge is -2.18. The van der Waals surface area contributed by atoms with Gasteiger partial charge in [-0.2, -0.15) is 10.2 Å². The number of anilines is 1. The molecule has 0 aliphatic rings. The van der Waals surface area contributed by atoms with Gasteiger partial charge in [-0.05, 0) is 20.8 Å². The molecular weight excluding hydrogens is 278 g/mol. The highest BCUT2D eigenvalue weighted by atomic mass is 15.3. The Morgan fingerprint density at radius 3 is 2.68 bits per heavy atom. The molecule has 0 radical (unpaired) electrons. The molecule has 3 rings (SSSR count). The zero-order valence-electron chi connectivity index (χ0n) is 13.7. The largest absolute Gasteiger partial charge is 0.355 e. The second kappa shape index (κ2) is 5.40. The van der Waals surface area contributed by atoms with E-state index >= 15 is 0 Å². The van der Waals surface area contributed by atoms with E-state index in [1.54, 1.807) is 11.0 Å². The molecule has 0 fully saturated rings. The molecule has 0 saturated heterocycles. The first-order valence-electron chi connectivity index (χ1n) is 7.39. The number of fused-ring (bicyclic) bond motifs is 1. The fraction of sp³-hybridized carbons (Fsp3) is 0.467. The molecule has 3 heterocycles. The molecule has 3 aromatic rings. The van der Waals surface area contributed by atoms with Gasteiger partial charge in [-0.3, -0.25) is 9.36 Å². The second-order valence-corrected chi connectivity index (χ2v) is 5.53. The van der Waals surface area contributed by atoms with Gasteiger partial charge in [-0.25, -0.2) is 9.97 Å². The molecule has 0 aliphatic heterocycles. The summed E-state index contributed by atoms with van der Waals surface area (Å²) in [4.78, 5) is 10.9. The van der Waals surface area contributed by atoms with E-state index in [-0.39, 0.29) is 0 Å². The summed E-state index contributed by atoms with van der Waals surface area (Å²) in [7, 11) is 3.94. The summed E-state index contributed by atoms with van der Waals surface area (Å²) in [6.07, 6.45) is 3.53. The zero-order chi connectivity index (χ0) is 15.9. The molecule has 0 aliphatic carbocycles. The number of rotatable bonds is 4. The van der Waals surface area contributed by atoms with Crippen LogP contribution >= 0.6 is 0 Å². The predicted molar refractivity (Wildman–Crippen MR) is 85.8 cm³/mol. The van der Waals surface area contributed by atoms with Crippen molar-refractivity contribution in [2.75, 3.05) is 11.9 Å². The van der Waals surface area contributed by atoms with Gasteiger partial charge in [0.2, 0.25) is 0 Å². The highest BCUT2D eigenvalue weighted by molar-refractivity contribution is 5.89. The van der Waals surface area contributed by atoms with E-state index in [1.165, 1.54) is 11.3 Å². The van der Waals surface area contributed by atoms with Gasteiger partial charge >= 0.3 is 0 Å². The van der Waals surface area contributed by atoms with Crippen LogP contribution in [0.3, 0.4) is 0 Å². The van der Waals surface area contributed by atoms with E-state index in [0.717, 1.165) is 35.6 Å². The molecule has 0 unspecified atom stereocenters. The maximum Gasteiger partial charge on any atom is 0.163 e. The predicted octanol–water partition coefficient (Wildman–Crippen LogP) is 1.83. The lowest BCUT2D eigenvalue weighted by molar-refractivity contribution is 0.638. The van der Waals surface area contributed by atoms with E-state index in [1.807, 2.05) is 31.9 Å². The minimum absolute atomic E-state index is 0.756. The summed E-state index contributed by atoms with van der Waals surface area (Å²) < 4.78 is 3.80. The van der Waals surface area contributed by atoms with Crippen LogP contribution in [0.15, 0.2) is 12.5 Å². The van der Waals surface area contributed by atoms with Crippen molar-refractivity contribution in [3.63, 3.8) is 0 Å². The van der Waals surface area contributed by atoms with E-state index in [2.05, 4.69) is 38.9 Å². The van der Waals surface area contributed by atoms with Crippen molar-refractivity contribution in [1.82, 2.24) is 29.5 Å². The van der Waals surface area contributed by atoms with E-state index in [0.29, 0.717) is 0 Å². The molecule has 0 amide bonds. The fourth-order valence-electron chi connectivity index (χ4n) is 2.84. The van der Waals surface area contributed by atoms with Crippen molar-refractivity contribution >= 4 is 16.9 Å². The van der Waals surface area contributed by atoms with Crippen LogP contribution in [-0.2, 0) is 20.1 Å². The average molecular weight is 299 g/mol. The van der Waals surface area contributed by atoms with Crippen LogP contribution in [0, 0.1) is 13.8 Å². The van der Waals surface area contributed by atoms with Gasteiger partial charge in [-0.15, -0.1) is 0 Å². The van der Waals surface area contributed by atoms with Crippen LogP contribution in [0.2, 0.25) is 0 Å². The minimum atomic E-state index is 0.756. The van der Waals surface area contributed by atoms with Gasteiger partial charge in [-0.1, -0.05) is 0 Å². The van der Waals surface area contributed by atoms with Crippen LogP contribution in [0.1, 0.15) is 23.9 Å². The first-order chi connectivity index (χ1) is 10.5. The van der Waals surface area contributed by atoms with Crippen LogP contribution in [0.5, 0.6) is 0 Å². The van der Waals surface area contributed by atoms with Crippen molar-refractivity contribution in [3.8, 4) is 0 Å². The van der Waals surface area contributed by atoms with Crippen molar-refractivity contribution < 1.29 is 0 Å². The van der Waals surface area contributed by atoms with E-state index in [4.69, 9.17) is 0 Å². The van der Waals surface area contributed by atoms with Crippen LogP contribution < -0.4 is 4.90 Å². The van der Waals surface area contributed by atoms with Crippen molar-refractivity contribution in [2.24, 2.45) is 7.05 Å². The molecule has 0 saturated carbocycles. The quantitative estimate of drug-likeness (QED) is 0.735. The Bertz CT molecular complexity index is 815. The Morgan fingerprint density at radius 2 is 2.00 bits per heavy atom. The molecule has 3 aromatic heterocycles. The smallest absolute Gasteiger partial charge is 0.163 e. The number of hydrogen-bond donors (Lipinski definition) is 0. The Kier molecular flexibility index (Phi) is 3.56. The van der Waals surface area contributed by atoms with Gasteiger partial charge in [0.05, 0.1) is 17.3 Å². The monoisotopic (exact) mass is 299 g/mol. The molecule has 0 N–H and O–H groups in total. The Morgan fingerprint density at radius 1 is 1.23 bits per heavy atom. The van der Waals surface area contributed by atoms with Gasteiger partial charge in [0.25, 0.3) is 0 Å². The lowest BCUT2D eigenvalue weighted by Crippen LogP contribution is -2.18. The summed E-state index contributed by atoms with van der Waals surface area (Å²) in [6.45, 7) is 7.83. The maximum absolute atomic E-state index is 4.47. The van der Waals surface area contributed by atoms with Crippen molar-refractivity contribution in [2.45, 2.75) is 33.9 Å². The molecule has 116 valence electrons. The maximum atomic E-state index is 4.47. The van der Waals surface area contributed by atoms with Gasteiger partial charge < -0.3 is 4.90 Å². The summed E-state index contributed by atoms with van der Waals surface area (Å²) in [5.74, 6) is 0.902. The number of aromatic nitrogens is 6. The first kappa shape index (κ1) is 14.5. The van der Waals surface area contributed by atoms with Crippen LogP contribution in [0.4, 0.5) is 5.82 Å². The third-order valence-electron chi connectivity index (χ3n) is 4.05. The topological polar surface area (TPSA) is 64.7 Å². The standard InChI is InChI=1S/C15H21N7/c1-6-22-11(3)12(7-18-22)8-20(4)14-13-10(2)19-21(5)15(13)17-9-16-14/h7,9H,6,8H2,1-5H3. The van der Waals surface area contributed by atoms with E-state index in [9.17, 15) is 0 Å². The van der Waals surface area contributed by atoms with Gasteiger partial charge in [0.1, 0.15) is 12.1 Å². The Balaban J connectivity index is 1.98. The number of hydrogen-bond acceptors (Lipinski definition) is 5. The highest BCUT2D eigenvalue weighted by Gasteiger charge is 2.16. The lowest BCUT2D eigenvalue weighted by atomic mass is 10.2. The van der Waals surface area contributed by atoms with Crippen LogP contribution in [-0.4, -0.2) is 36.6 Å². The van der Waals surface area contributed by atoms with Crippen molar-refractivity contribution in [3.05, 3.63) is 29.5 Å². The van der Waals surface area contributed by atoms with Gasteiger partial charge in [0.15, 0.2) is 5.65 Å². The normalized spacial score (nSPS) is 11.3. The second-order valence-electron chi connectivity index (χ2n) is 5.53. The third kappa shape index (κ3) is 2.22. The molecule has 7 nitrogen and oxygen atoms in total. The van der Waals surface area contributed by atoms with E-state index < -0.39 is 0 Å². The highest BCUT2D eigenvalue weighted by Crippen LogP contribution is 2.26. The SMILES string of the molecule is CCn1ncc(CN(C)c2ncnc3c2c(C)nn3C)c1C. The third-order valence-corrected chi connectivity index (χ3v) is 4.05. The zero-order valence-corrected chi connectivity index (χ0v) is 13.7. The summed E-state index contributed by atoms with van der Waals surface area (Å²) in [5.41, 5.74) is 4.21. The molecule has 0 aromatic carbocycles. The fourth-order valence-corrected chi connectivity index (χ4v) is 2.84. The molecule has 0 atom stereocenters. The average Bonchev–Trinajstić information content (AvgIpc) is 3.00. The molecular formula is C15H21N7. The Hall–Kier alpha value is -2.44. The summed E-state index contributed by atoms with van der Waals surface area (Å²) in [5, 5.41) is 9.86. The summed E-state index contributed by atoms with van der Waals surface area (Å²) in [6, 6.07) is 0. The molecule has 0 spiro atoms. The Labute approximate surface area is 129 Å². The molecule has 7 heteroatoms. The first-order valence-corrected chi connectivity index (χ1v) is 7.39. The number of nitrogens with zero attached hydrogens (tertiary/aromatic N) is 7.